The Morgan fingerprint density at radius 2 is 1.74 bits per heavy atom. The van der Waals surface area contributed by atoms with Crippen LogP contribution < -0.4 is 4.74 Å². The molecule has 1 N–H and O–H groups in total. The molecule has 1 heterocycles. The second-order valence-electron chi connectivity index (χ2n) is 8.66. The second-order valence-corrected chi connectivity index (χ2v) is 8.66. The van der Waals surface area contributed by atoms with E-state index in [-0.39, 0.29) is 0 Å². The molecule has 3 aromatic rings. The SMILES string of the molecule is C=C[C@@](C)(O)CN(Cc1c(-c2ccccc2)nn(C)c1Oc1ccccc1)CC(C)C. The van der Waals surface area contributed by atoms with E-state index < -0.39 is 5.60 Å². The van der Waals surface area contributed by atoms with Crippen LogP contribution in [0.5, 0.6) is 11.6 Å². The predicted octanol–water partition coefficient (Wildman–Crippen LogP) is 5.27. The second kappa shape index (κ2) is 9.94. The van der Waals surface area contributed by atoms with Crippen molar-refractivity contribution in [3.63, 3.8) is 0 Å². The fourth-order valence-electron chi connectivity index (χ4n) is 3.69. The smallest absolute Gasteiger partial charge is 0.222 e. The molecule has 0 aliphatic heterocycles. The van der Waals surface area contributed by atoms with Gasteiger partial charge in [0.25, 0.3) is 0 Å². The number of aryl methyl sites for hydroxylation is 1. The van der Waals surface area contributed by atoms with Crippen LogP contribution in [-0.2, 0) is 13.6 Å². The molecule has 164 valence electrons. The molecule has 3 rings (SSSR count). The monoisotopic (exact) mass is 419 g/mol. The minimum Gasteiger partial charge on any atom is -0.439 e. The van der Waals surface area contributed by atoms with Gasteiger partial charge in [0.1, 0.15) is 11.4 Å². The van der Waals surface area contributed by atoms with Gasteiger partial charge in [-0.3, -0.25) is 4.90 Å². The number of para-hydroxylation sites is 1. The average molecular weight is 420 g/mol. The maximum absolute atomic E-state index is 10.7. The summed E-state index contributed by atoms with van der Waals surface area (Å²) in [5.74, 6) is 1.91. The Morgan fingerprint density at radius 1 is 1.13 bits per heavy atom. The summed E-state index contributed by atoms with van der Waals surface area (Å²) in [5.41, 5.74) is 1.94. The molecular weight excluding hydrogens is 386 g/mol. The molecule has 0 amide bonds. The number of hydrogen-bond acceptors (Lipinski definition) is 4. The van der Waals surface area contributed by atoms with Crippen molar-refractivity contribution in [3.05, 3.63) is 78.9 Å². The van der Waals surface area contributed by atoms with Gasteiger partial charge in [-0.25, -0.2) is 4.68 Å². The van der Waals surface area contributed by atoms with E-state index in [1.54, 1.807) is 17.7 Å². The van der Waals surface area contributed by atoms with E-state index in [0.717, 1.165) is 29.1 Å². The molecule has 2 aromatic carbocycles. The van der Waals surface area contributed by atoms with Crippen molar-refractivity contribution in [2.75, 3.05) is 13.1 Å². The molecule has 0 bridgehead atoms. The van der Waals surface area contributed by atoms with Crippen LogP contribution in [0.3, 0.4) is 0 Å². The van der Waals surface area contributed by atoms with E-state index in [2.05, 4.69) is 37.5 Å². The maximum Gasteiger partial charge on any atom is 0.222 e. The topological polar surface area (TPSA) is 50.5 Å². The lowest BCUT2D eigenvalue weighted by atomic mass is 10.0. The first-order valence-electron chi connectivity index (χ1n) is 10.7. The van der Waals surface area contributed by atoms with Crippen LogP contribution in [0.15, 0.2) is 73.3 Å². The van der Waals surface area contributed by atoms with Crippen molar-refractivity contribution >= 4 is 0 Å². The lowest BCUT2D eigenvalue weighted by molar-refractivity contribution is 0.0539. The first-order valence-corrected chi connectivity index (χ1v) is 10.7. The Labute approximate surface area is 185 Å². The number of rotatable bonds is 10. The van der Waals surface area contributed by atoms with Gasteiger partial charge < -0.3 is 9.84 Å². The summed E-state index contributed by atoms with van der Waals surface area (Å²) in [5, 5.41) is 15.5. The molecule has 0 fully saturated rings. The number of ether oxygens (including phenoxy) is 1. The van der Waals surface area contributed by atoms with Crippen LogP contribution in [0.25, 0.3) is 11.3 Å². The van der Waals surface area contributed by atoms with Crippen LogP contribution >= 0.6 is 0 Å². The van der Waals surface area contributed by atoms with Gasteiger partial charge in [-0.15, -0.1) is 6.58 Å². The fraction of sp³-hybridized carbons (Fsp3) is 0.346. The molecule has 5 heteroatoms. The Kier molecular flexibility index (Phi) is 7.31. The highest BCUT2D eigenvalue weighted by Gasteiger charge is 2.26. The first-order chi connectivity index (χ1) is 14.8. The highest BCUT2D eigenvalue weighted by molar-refractivity contribution is 5.65. The van der Waals surface area contributed by atoms with Crippen LogP contribution in [-0.4, -0.2) is 38.5 Å². The molecule has 1 aromatic heterocycles. The van der Waals surface area contributed by atoms with Crippen LogP contribution in [0.4, 0.5) is 0 Å². The summed E-state index contributed by atoms with van der Waals surface area (Å²) < 4.78 is 8.09. The fourth-order valence-corrected chi connectivity index (χ4v) is 3.69. The van der Waals surface area contributed by atoms with E-state index in [0.29, 0.717) is 24.9 Å². The zero-order valence-electron chi connectivity index (χ0n) is 19.0. The zero-order valence-corrected chi connectivity index (χ0v) is 19.0. The molecule has 0 radical (unpaired) electrons. The van der Waals surface area contributed by atoms with Crippen LogP contribution in [0.2, 0.25) is 0 Å². The van der Waals surface area contributed by atoms with Crippen molar-refractivity contribution in [1.82, 2.24) is 14.7 Å². The van der Waals surface area contributed by atoms with Crippen molar-refractivity contribution < 1.29 is 9.84 Å². The van der Waals surface area contributed by atoms with Gasteiger partial charge in [-0.1, -0.05) is 68.5 Å². The summed E-state index contributed by atoms with van der Waals surface area (Å²) in [6.07, 6.45) is 1.60. The van der Waals surface area contributed by atoms with Crippen LogP contribution in [0.1, 0.15) is 26.3 Å². The third-order valence-electron chi connectivity index (χ3n) is 5.08. The van der Waals surface area contributed by atoms with E-state index in [4.69, 9.17) is 9.84 Å². The summed E-state index contributed by atoms with van der Waals surface area (Å²) in [6, 6.07) is 19.9. The standard InChI is InChI=1S/C26H33N3O2/c1-6-26(4,30)19-29(17-20(2)3)18-23-24(21-13-9-7-10-14-21)27-28(5)25(23)31-22-15-11-8-12-16-22/h6-16,20,30H,1,17-19H2,2-5H3/t26-/m1/s1. The van der Waals surface area contributed by atoms with Gasteiger partial charge in [0.05, 0.1) is 11.2 Å². The molecule has 0 saturated heterocycles. The summed E-state index contributed by atoms with van der Waals surface area (Å²) in [6.45, 7) is 11.8. The molecule has 0 unspecified atom stereocenters. The molecular formula is C26H33N3O2. The molecule has 0 spiro atoms. The van der Waals surface area contributed by atoms with Crippen molar-refractivity contribution in [2.45, 2.75) is 32.9 Å². The normalized spacial score (nSPS) is 13.4. The van der Waals surface area contributed by atoms with Crippen molar-refractivity contribution in [1.29, 1.82) is 0 Å². The molecule has 0 saturated carbocycles. The van der Waals surface area contributed by atoms with Gasteiger partial charge in [0.2, 0.25) is 5.88 Å². The Bertz CT molecular complexity index is 979. The Hall–Kier alpha value is -2.89. The molecule has 31 heavy (non-hydrogen) atoms. The third kappa shape index (κ3) is 6.06. The van der Waals surface area contributed by atoms with Gasteiger partial charge in [0.15, 0.2) is 0 Å². The molecule has 0 aliphatic carbocycles. The Balaban J connectivity index is 2.04. The number of hydrogen-bond donors (Lipinski definition) is 1. The van der Waals surface area contributed by atoms with Gasteiger partial charge in [-0.2, -0.15) is 5.10 Å². The largest absolute Gasteiger partial charge is 0.439 e. The molecule has 1 atom stereocenters. The summed E-state index contributed by atoms with van der Waals surface area (Å²) in [4.78, 5) is 2.24. The average Bonchev–Trinajstić information content (AvgIpc) is 3.04. The minimum absolute atomic E-state index is 0.441. The lowest BCUT2D eigenvalue weighted by Gasteiger charge is -2.31. The van der Waals surface area contributed by atoms with E-state index in [1.807, 2.05) is 55.6 Å². The van der Waals surface area contributed by atoms with Crippen LogP contribution in [0, 0.1) is 5.92 Å². The highest BCUT2D eigenvalue weighted by Crippen LogP contribution is 2.34. The maximum atomic E-state index is 10.7. The van der Waals surface area contributed by atoms with E-state index >= 15 is 0 Å². The minimum atomic E-state index is -0.982. The molecule has 0 aliphatic rings. The first kappa shape index (κ1) is 22.8. The number of benzene rings is 2. The number of nitrogens with zero attached hydrogens (tertiary/aromatic N) is 3. The van der Waals surface area contributed by atoms with Gasteiger partial charge in [-0.05, 0) is 25.0 Å². The zero-order chi connectivity index (χ0) is 22.4. The van der Waals surface area contributed by atoms with E-state index in [9.17, 15) is 5.11 Å². The third-order valence-corrected chi connectivity index (χ3v) is 5.08. The van der Waals surface area contributed by atoms with E-state index in [1.165, 1.54) is 0 Å². The van der Waals surface area contributed by atoms with Crippen molar-refractivity contribution in [3.8, 4) is 22.9 Å². The quantitative estimate of drug-likeness (QED) is 0.455. The summed E-state index contributed by atoms with van der Waals surface area (Å²) >= 11 is 0. The summed E-state index contributed by atoms with van der Waals surface area (Å²) in [7, 11) is 1.90. The van der Waals surface area contributed by atoms with Gasteiger partial charge in [0, 0.05) is 32.2 Å². The predicted molar refractivity (Wildman–Crippen MR) is 126 cm³/mol. The highest BCUT2D eigenvalue weighted by atomic mass is 16.5. The van der Waals surface area contributed by atoms with Gasteiger partial charge >= 0.3 is 0 Å². The number of aliphatic hydroxyl groups is 1. The Morgan fingerprint density at radius 3 is 2.32 bits per heavy atom. The number of aromatic nitrogens is 2. The van der Waals surface area contributed by atoms with Crippen molar-refractivity contribution in [2.24, 2.45) is 13.0 Å². The molecule has 5 nitrogen and oxygen atoms in total. The lowest BCUT2D eigenvalue weighted by Crippen LogP contribution is -2.40.